The van der Waals surface area contributed by atoms with Gasteiger partial charge in [0.1, 0.15) is 0 Å². The van der Waals surface area contributed by atoms with Crippen LogP contribution in [0.2, 0.25) is 10.0 Å². The number of halogens is 2. The number of carboxylic acid groups (broad SMARTS) is 1. The van der Waals surface area contributed by atoms with E-state index in [1.54, 1.807) is 24.3 Å². The van der Waals surface area contributed by atoms with Crippen molar-refractivity contribution in [3.8, 4) is 0 Å². The molecule has 1 unspecified atom stereocenters. The molecule has 1 atom stereocenters. The molecule has 19 heavy (non-hydrogen) atoms. The number of benzene rings is 1. The minimum absolute atomic E-state index is 0.160. The third-order valence-electron chi connectivity index (χ3n) is 2.58. The summed E-state index contributed by atoms with van der Waals surface area (Å²) in [5, 5.41) is 12.9. The summed E-state index contributed by atoms with van der Waals surface area (Å²) in [5.41, 5.74) is 0.739. The van der Waals surface area contributed by atoms with E-state index < -0.39 is 5.97 Å². The molecule has 98 valence electrons. The average molecular weight is 314 g/mol. The molecule has 1 aromatic rings. The summed E-state index contributed by atoms with van der Waals surface area (Å²) in [7, 11) is 0. The number of thiocarbonyl (C=S) groups is 1. The van der Waals surface area contributed by atoms with E-state index in [0.717, 1.165) is 0 Å². The first-order chi connectivity index (χ1) is 8.99. The van der Waals surface area contributed by atoms with Crippen molar-refractivity contribution >= 4 is 51.9 Å². The summed E-state index contributed by atoms with van der Waals surface area (Å²) in [6.45, 7) is 0. The highest BCUT2D eigenvalue weighted by Gasteiger charge is 2.19. The summed E-state index contributed by atoms with van der Waals surface area (Å²) < 4.78 is 0. The monoisotopic (exact) mass is 313 g/mol. The van der Waals surface area contributed by atoms with Crippen molar-refractivity contribution in [2.45, 2.75) is 6.04 Å². The number of carbonyl (C=O) groups is 1. The summed E-state index contributed by atoms with van der Waals surface area (Å²) in [6, 6.07) is 4.86. The van der Waals surface area contributed by atoms with Gasteiger partial charge in [-0.2, -0.15) is 0 Å². The van der Waals surface area contributed by atoms with Crippen LogP contribution < -0.4 is 5.32 Å². The first kappa shape index (κ1) is 14.1. The van der Waals surface area contributed by atoms with Crippen molar-refractivity contribution in [2.24, 2.45) is 0 Å². The highest BCUT2D eigenvalue weighted by Crippen LogP contribution is 2.31. The van der Waals surface area contributed by atoms with E-state index in [9.17, 15) is 4.79 Å². The van der Waals surface area contributed by atoms with Crippen LogP contribution in [-0.4, -0.2) is 22.0 Å². The molecule has 6 heteroatoms. The third kappa shape index (κ3) is 3.15. The highest BCUT2D eigenvalue weighted by atomic mass is 35.5. The minimum atomic E-state index is -1.01. The van der Waals surface area contributed by atoms with Crippen LogP contribution in [0, 0.1) is 0 Å². The molecule has 0 saturated heterocycles. The lowest BCUT2D eigenvalue weighted by molar-refractivity contribution is -0.132. The van der Waals surface area contributed by atoms with Gasteiger partial charge in [0, 0.05) is 4.86 Å². The normalized spacial score (nSPS) is 18.1. The van der Waals surface area contributed by atoms with E-state index in [4.69, 9.17) is 40.5 Å². The number of carboxylic acids is 1. The van der Waals surface area contributed by atoms with Crippen molar-refractivity contribution in [3.63, 3.8) is 0 Å². The van der Waals surface area contributed by atoms with E-state index in [0.29, 0.717) is 20.6 Å². The van der Waals surface area contributed by atoms with Gasteiger partial charge in [0.2, 0.25) is 0 Å². The lowest BCUT2D eigenvalue weighted by Gasteiger charge is -2.20. The number of hydrogen-bond donors (Lipinski definition) is 2. The minimum Gasteiger partial charge on any atom is -0.478 e. The fourth-order valence-corrected chi connectivity index (χ4v) is 2.40. The summed E-state index contributed by atoms with van der Waals surface area (Å²) >= 11 is 17.3. The summed E-state index contributed by atoms with van der Waals surface area (Å²) in [5.74, 6) is -1.01. The Bertz CT molecular complexity index is 590. The van der Waals surface area contributed by atoms with E-state index in [-0.39, 0.29) is 11.6 Å². The number of nitrogens with one attached hydrogen (secondary N) is 1. The van der Waals surface area contributed by atoms with Crippen molar-refractivity contribution in [2.75, 3.05) is 5.32 Å². The quantitative estimate of drug-likeness (QED) is 0.835. The Morgan fingerprint density at radius 3 is 2.47 bits per heavy atom. The number of aliphatic carboxylic acids is 1. The van der Waals surface area contributed by atoms with Crippen LogP contribution >= 0.6 is 35.4 Å². The SMILES string of the molecule is O=C(O)C1=CC(=S)C(Nc2c(Cl)cccc2Cl)C=C1. The third-order valence-corrected chi connectivity index (χ3v) is 3.58. The lowest BCUT2D eigenvalue weighted by atomic mass is 10.0. The molecule has 2 N–H and O–H groups in total. The van der Waals surface area contributed by atoms with Gasteiger partial charge in [0.15, 0.2) is 0 Å². The van der Waals surface area contributed by atoms with E-state index >= 15 is 0 Å². The molecule has 2 rings (SSSR count). The van der Waals surface area contributed by atoms with Gasteiger partial charge in [-0.05, 0) is 24.3 Å². The maximum atomic E-state index is 10.8. The Hall–Kier alpha value is -1.36. The zero-order chi connectivity index (χ0) is 14.0. The number of para-hydroxylation sites is 1. The van der Waals surface area contributed by atoms with Crippen LogP contribution in [0.25, 0.3) is 0 Å². The lowest BCUT2D eigenvalue weighted by Crippen LogP contribution is -2.28. The van der Waals surface area contributed by atoms with Crippen LogP contribution in [0.15, 0.2) is 42.0 Å². The molecule has 3 nitrogen and oxygen atoms in total. The van der Waals surface area contributed by atoms with Gasteiger partial charge in [0.05, 0.1) is 27.3 Å². The summed E-state index contributed by atoms with van der Waals surface area (Å²) in [6.07, 6.45) is 4.62. The van der Waals surface area contributed by atoms with E-state index in [1.165, 1.54) is 12.2 Å². The fourth-order valence-electron chi connectivity index (χ4n) is 1.63. The molecule has 0 radical (unpaired) electrons. The van der Waals surface area contributed by atoms with Gasteiger partial charge < -0.3 is 10.4 Å². The van der Waals surface area contributed by atoms with Gasteiger partial charge in [-0.1, -0.05) is 47.6 Å². The van der Waals surface area contributed by atoms with E-state index in [2.05, 4.69) is 5.32 Å². The smallest absolute Gasteiger partial charge is 0.335 e. The molecule has 1 aromatic carbocycles. The zero-order valence-corrected chi connectivity index (χ0v) is 11.9. The maximum Gasteiger partial charge on any atom is 0.335 e. The van der Waals surface area contributed by atoms with E-state index in [1.807, 2.05) is 0 Å². The second-order valence-corrected chi connectivity index (χ2v) is 5.17. The van der Waals surface area contributed by atoms with Gasteiger partial charge in [-0.3, -0.25) is 0 Å². The Morgan fingerprint density at radius 2 is 1.95 bits per heavy atom. The van der Waals surface area contributed by atoms with Crippen LogP contribution in [0.4, 0.5) is 5.69 Å². The first-order valence-corrected chi connectivity index (χ1v) is 6.53. The topological polar surface area (TPSA) is 49.3 Å². The molecule has 0 aromatic heterocycles. The van der Waals surface area contributed by atoms with Gasteiger partial charge in [-0.25, -0.2) is 4.79 Å². The number of hydrogen-bond acceptors (Lipinski definition) is 3. The molecule has 1 aliphatic rings. The van der Waals surface area contributed by atoms with Crippen LogP contribution in [-0.2, 0) is 4.79 Å². The standard InChI is InChI=1S/C13H9Cl2NO2S/c14-8-2-1-3-9(15)12(8)16-10-5-4-7(13(17)18)6-11(10)19/h1-6,10,16H,(H,17,18). The predicted octanol–water partition coefficient (Wildman–Crippen LogP) is 3.72. The highest BCUT2D eigenvalue weighted by molar-refractivity contribution is 7.81. The van der Waals surface area contributed by atoms with Crippen molar-refractivity contribution < 1.29 is 9.90 Å². The van der Waals surface area contributed by atoms with Crippen LogP contribution in [0.3, 0.4) is 0 Å². The van der Waals surface area contributed by atoms with Gasteiger partial charge >= 0.3 is 5.97 Å². The molecule has 0 heterocycles. The first-order valence-electron chi connectivity index (χ1n) is 5.36. The van der Waals surface area contributed by atoms with Crippen molar-refractivity contribution in [3.05, 3.63) is 52.0 Å². The second kappa shape index (κ2) is 5.74. The Labute approximate surface area is 125 Å². The van der Waals surface area contributed by atoms with Crippen LogP contribution in [0.5, 0.6) is 0 Å². The second-order valence-electron chi connectivity index (χ2n) is 3.88. The molecule has 0 bridgehead atoms. The molecule has 0 amide bonds. The van der Waals surface area contributed by atoms with Gasteiger partial charge in [-0.15, -0.1) is 0 Å². The molecule has 0 saturated carbocycles. The maximum absolute atomic E-state index is 10.8. The van der Waals surface area contributed by atoms with Crippen LogP contribution in [0.1, 0.15) is 0 Å². The molecular formula is C13H9Cl2NO2S. The summed E-state index contributed by atoms with van der Waals surface area (Å²) in [4.78, 5) is 11.3. The zero-order valence-electron chi connectivity index (χ0n) is 9.56. The average Bonchev–Trinajstić information content (AvgIpc) is 2.35. The molecule has 0 spiro atoms. The molecular weight excluding hydrogens is 305 g/mol. The number of rotatable bonds is 3. The fraction of sp³-hybridized carbons (Fsp3) is 0.0769. The predicted molar refractivity (Wildman–Crippen MR) is 81.3 cm³/mol. The largest absolute Gasteiger partial charge is 0.478 e. The van der Waals surface area contributed by atoms with Crippen molar-refractivity contribution in [1.29, 1.82) is 0 Å². The molecule has 1 aliphatic carbocycles. The Balaban J connectivity index is 2.21. The Morgan fingerprint density at radius 1 is 1.32 bits per heavy atom. The molecule has 0 fully saturated rings. The molecule has 0 aliphatic heterocycles. The van der Waals surface area contributed by atoms with Gasteiger partial charge in [0.25, 0.3) is 0 Å². The number of anilines is 1. The van der Waals surface area contributed by atoms with Crippen molar-refractivity contribution in [1.82, 2.24) is 0 Å². The Kier molecular flexibility index (Phi) is 4.24.